The van der Waals surface area contributed by atoms with Gasteiger partial charge in [0.25, 0.3) is 0 Å². The second kappa shape index (κ2) is 11.6. The predicted molar refractivity (Wildman–Crippen MR) is 122 cm³/mol. The molecule has 0 aliphatic rings. The number of aromatic nitrogens is 2. The topological polar surface area (TPSA) is 83.7 Å². The summed E-state index contributed by atoms with van der Waals surface area (Å²) in [6.07, 6.45) is -0.501. The third kappa shape index (κ3) is 7.71. The molecule has 1 heterocycles. The van der Waals surface area contributed by atoms with Crippen LogP contribution >= 0.6 is 0 Å². The molecule has 3 N–H and O–H groups in total. The first-order valence-electron chi connectivity index (χ1n) is 10.8. The Morgan fingerprint density at radius 1 is 1.17 bits per heavy atom. The average molecular weight is 416 g/mol. The number of aliphatic hydroxyl groups excluding tert-OH is 1. The number of aliphatic imine (C=N–C) groups is 1. The van der Waals surface area contributed by atoms with E-state index < -0.39 is 6.10 Å². The van der Waals surface area contributed by atoms with E-state index in [9.17, 15) is 5.11 Å². The van der Waals surface area contributed by atoms with Crippen LogP contribution in [0.25, 0.3) is 0 Å². The molecular weight excluding hydrogens is 378 g/mol. The van der Waals surface area contributed by atoms with Gasteiger partial charge in [-0.15, -0.1) is 0 Å². The zero-order valence-corrected chi connectivity index (χ0v) is 19.1. The SMILES string of the molecule is CCNC(=NCC(C)Cn1nc(C)cc1C)NCC(O)c1ccc(OC(C)C)cc1. The Balaban J connectivity index is 1.88. The number of nitrogens with zero attached hydrogens (tertiary/aromatic N) is 3. The Morgan fingerprint density at radius 2 is 1.87 bits per heavy atom. The maximum absolute atomic E-state index is 10.5. The Kier molecular flexibility index (Phi) is 9.17. The Hall–Kier alpha value is -2.54. The minimum atomic E-state index is -0.630. The van der Waals surface area contributed by atoms with Crippen LogP contribution in [-0.2, 0) is 6.54 Å². The van der Waals surface area contributed by atoms with E-state index in [1.54, 1.807) is 0 Å². The molecule has 30 heavy (non-hydrogen) atoms. The lowest BCUT2D eigenvalue weighted by atomic mass is 10.1. The minimum Gasteiger partial charge on any atom is -0.491 e. The number of rotatable bonds is 10. The zero-order chi connectivity index (χ0) is 22.1. The van der Waals surface area contributed by atoms with Gasteiger partial charge in [-0.1, -0.05) is 19.1 Å². The van der Waals surface area contributed by atoms with Gasteiger partial charge in [0.1, 0.15) is 5.75 Å². The molecule has 0 aliphatic carbocycles. The van der Waals surface area contributed by atoms with E-state index in [0.717, 1.165) is 30.1 Å². The van der Waals surface area contributed by atoms with Crippen LogP contribution in [0.15, 0.2) is 35.3 Å². The summed E-state index contributed by atoms with van der Waals surface area (Å²) in [5.74, 6) is 1.86. The van der Waals surface area contributed by atoms with Crippen molar-refractivity contribution in [3.05, 3.63) is 47.3 Å². The first kappa shape index (κ1) is 23.7. The van der Waals surface area contributed by atoms with Crippen molar-refractivity contribution in [2.45, 2.75) is 60.3 Å². The predicted octanol–water partition coefficient (Wildman–Crippen LogP) is 3.21. The van der Waals surface area contributed by atoms with E-state index >= 15 is 0 Å². The summed E-state index contributed by atoms with van der Waals surface area (Å²) in [6, 6.07) is 9.65. The van der Waals surface area contributed by atoms with Gasteiger partial charge in [-0.2, -0.15) is 5.10 Å². The zero-order valence-electron chi connectivity index (χ0n) is 19.1. The molecule has 0 saturated heterocycles. The Labute approximate surface area is 180 Å². The van der Waals surface area contributed by atoms with Crippen LogP contribution in [0.5, 0.6) is 5.75 Å². The number of benzene rings is 1. The van der Waals surface area contributed by atoms with Crippen LogP contribution in [0.1, 0.15) is 50.8 Å². The summed E-state index contributed by atoms with van der Waals surface area (Å²) in [4.78, 5) is 4.68. The molecule has 0 amide bonds. The fraction of sp³-hybridized carbons (Fsp3) is 0.565. The highest BCUT2D eigenvalue weighted by molar-refractivity contribution is 5.79. The Morgan fingerprint density at radius 3 is 2.43 bits per heavy atom. The van der Waals surface area contributed by atoms with Crippen molar-refractivity contribution in [3.8, 4) is 5.75 Å². The van der Waals surface area contributed by atoms with Gasteiger partial charge in [-0.3, -0.25) is 9.67 Å². The van der Waals surface area contributed by atoms with Crippen LogP contribution in [0.4, 0.5) is 0 Å². The van der Waals surface area contributed by atoms with E-state index in [-0.39, 0.29) is 6.10 Å². The molecule has 0 spiro atoms. The highest BCUT2D eigenvalue weighted by Crippen LogP contribution is 2.18. The maximum atomic E-state index is 10.5. The second-order valence-electron chi connectivity index (χ2n) is 8.07. The summed E-state index contributed by atoms with van der Waals surface area (Å²) >= 11 is 0. The molecule has 0 saturated carbocycles. The Bertz CT molecular complexity index is 798. The number of hydrogen-bond acceptors (Lipinski definition) is 4. The van der Waals surface area contributed by atoms with Gasteiger partial charge >= 0.3 is 0 Å². The molecule has 0 radical (unpaired) electrons. The third-order valence-corrected chi connectivity index (χ3v) is 4.59. The normalized spacial score (nSPS) is 13.9. The quantitative estimate of drug-likeness (QED) is 0.410. The van der Waals surface area contributed by atoms with Crippen molar-refractivity contribution in [1.29, 1.82) is 0 Å². The van der Waals surface area contributed by atoms with Gasteiger partial charge in [0.15, 0.2) is 5.96 Å². The summed E-state index contributed by atoms with van der Waals surface area (Å²) < 4.78 is 7.69. The largest absolute Gasteiger partial charge is 0.491 e. The fourth-order valence-electron chi connectivity index (χ4n) is 3.15. The molecule has 2 aromatic rings. The van der Waals surface area contributed by atoms with Crippen molar-refractivity contribution in [1.82, 2.24) is 20.4 Å². The molecule has 7 nitrogen and oxygen atoms in total. The number of aliphatic hydroxyl groups is 1. The van der Waals surface area contributed by atoms with Crippen molar-refractivity contribution < 1.29 is 9.84 Å². The van der Waals surface area contributed by atoms with Crippen LogP contribution in [0.3, 0.4) is 0 Å². The summed E-state index contributed by atoms with van der Waals surface area (Å²) in [6.45, 7) is 14.9. The molecule has 0 aliphatic heterocycles. The first-order valence-corrected chi connectivity index (χ1v) is 10.8. The molecular formula is C23H37N5O2. The van der Waals surface area contributed by atoms with E-state index in [1.165, 1.54) is 5.69 Å². The molecule has 2 rings (SSSR count). The van der Waals surface area contributed by atoms with Gasteiger partial charge in [0.2, 0.25) is 0 Å². The van der Waals surface area contributed by atoms with Crippen LogP contribution < -0.4 is 15.4 Å². The van der Waals surface area contributed by atoms with Gasteiger partial charge in [-0.25, -0.2) is 0 Å². The van der Waals surface area contributed by atoms with Gasteiger partial charge in [0, 0.05) is 31.9 Å². The van der Waals surface area contributed by atoms with Crippen molar-refractivity contribution >= 4 is 5.96 Å². The van der Waals surface area contributed by atoms with Crippen LogP contribution in [-0.4, -0.2) is 46.6 Å². The van der Waals surface area contributed by atoms with E-state index in [4.69, 9.17) is 4.74 Å². The lowest BCUT2D eigenvalue weighted by Crippen LogP contribution is -2.39. The van der Waals surface area contributed by atoms with E-state index in [1.807, 2.05) is 56.6 Å². The van der Waals surface area contributed by atoms with E-state index in [0.29, 0.717) is 25.0 Å². The standard InChI is InChI=1S/C23H37N5O2/c1-7-24-23(25-13-17(4)15-28-19(6)12-18(5)27-28)26-14-22(29)20-8-10-21(11-9-20)30-16(2)3/h8-12,16-17,22,29H,7,13-15H2,1-6H3,(H2,24,25,26). The number of guanidine groups is 1. The average Bonchev–Trinajstić information content (AvgIpc) is 3.00. The summed E-state index contributed by atoms with van der Waals surface area (Å²) in [5, 5.41) is 21.5. The smallest absolute Gasteiger partial charge is 0.191 e. The van der Waals surface area contributed by atoms with Gasteiger partial charge in [-0.05, 0) is 64.3 Å². The summed E-state index contributed by atoms with van der Waals surface area (Å²) in [7, 11) is 0. The number of aryl methyl sites for hydroxylation is 2. The molecule has 0 fully saturated rings. The first-order chi connectivity index (χ1) is 14.3. The highest BCUT2D eigenvalue weighted by atomic mass is 16.5. The monoisotopic (exact) mass is 415 g/mol. The van der Waals surface area contributed by atoms with Crippen LogP contribution in [0, 0.1) is 19.8 Å². The van der Waals surface area contributed by atoms with Crippen molar-refractivity contribution in [2.75, 3.05) is 19.6 Å². The van der Waals surface area contributed by atoms with Gasteiger partial charge in [0.05, 0.1) is 17.9 Å². The van der Waals surface area contributed by atoms with Crippen molar-refractivity contribution in [2.24, 2.45) is 10.9 Å². The van der Waals surface area contributed by atoms with Gasteiger partial charge < -0.3 is 20.5 Å². The minimum absolute atomic E-state index is 0.130. The number of nitrogens with one attached hydrogen (secondary N) is 2. The van der Waals surface area contributed by atoms with E-state index in [2.05, 4.69) is 40.6 Å². The number of ether oxygens (including phenoxy) is 1. The molecule has 1 aromatic carbocycles. The molecule has 0 bridgehead atoms. The lowest BCUT2D eigenvalue weighted by molar-refractivity contribution is 0.180. The molecule has 2 atom stereocenters. The molecule has 1 aromatic heterocycles. The maximum Gasteiger partial charge on any atom is 0.191 e. The molecule has 2 unspecified atom stereocenters. The van der Waals surface area contributed by atoms with Crippen LogP contribution in [0.2, 0.25) is 0 Å². The third-order valence-electron chi connectivity index (χ3n) is 4.59. The van der Waals surface area contributed by atoms with Crippen molar-refractivity contribution in [3.63, 3.8) is 0 Å². The fourth-order valence-corrected chi connectivity index (χ4v) is 3.15. The second-order valence-corrected chi connectivity index (χ2v) is 8.07. The lowest BCUT2D eigenvalue weighted by Gasteiger charge is -2.17. The molecule has 166 valence electrons. The summed E-state index contributed by atoms with van der Waals surface area (Å²) in [5.41, 5.74) is 3.05. The molecule has 7 heteroatoms. The number of hydrogen-bond donors (Lipinski definition) is 3. The highest BCUT2D eigenvalue weighted by Gasteiger charge is 2.11.